The summed E-state index contributed by atoms with van der Waals surface area (Å²) < 4.78 is 16.4. The van der Waals surface area contributed by atoms with E-state index in [0.29, 0.717) is 19.3 Å². The number of hydrogen-bond acceptors (Lipinski definition) is 2. The first-order valence-corrected chi connectivity index (χ1v) is 6.50. The van der Waals surface area contributed by atoms with Crippen molar-refractivity contribution < 1.29 is 14.0 Å². The first-order valence-electron chi connectivity index (χ1n) is 4.74. The second-order valence-electron chi connectivity index (χ2n) is 3.07. The lowest BCUT2D eigenvalue weighted by molar-refractivity contribution is 0.211. The number of rotatable bonds is 8. The van der Waals surface area contributed by atoms with Crippen molar-refractivity contribution in [2.24, 2.45) is 0 Å². The Morgan fingerprint density at radius 2 is 2.07 bits per heavy atom. The monoisotopic (exact) mass is 228 g/mol. The van der Waals surface area contributed by atoms with Crippen LogP contribution in [0, 0.1) is 12.3 Å². The molecule has 0 rings (SSSR count). The van der Waals surface area contributed by atoms with Gasteiger partial charge in [0.2, 0.25) is 0 Å². The van der Waals surface area contributed by atoms with Gasteiger partial charge < -0.3 is 4.89 Å². The van der Waals surface area contributed by atoms with Gasteiger partial charge in [-0.15, -0.1) is 19.6 Å². The predicted octanol–water partition coefficient (Wildman–Crippen LogP) is 2.73. The Kier molecular flexibility index (Phi) is 7.07. The van der Waals surface area contributed by atoms with Crippen molar-refractivity contribution in [3.63, 3.8) is 0 Å². The highest BCUT2D eigenvalue weighted by Crippen LogP contribution is 2.44. The Morgan fingerprint density at radius 3 is 2.53 bits per heavy atom. The van der Waals surface area contributed by atoms with E-state index < -0.39 is 13.7 Å². The van der Waals surface area contributed by atoms with E-state index in [-0.39, 0.29) is 6.16 Å². The molecule has 2 atom stereocenters. The summed E-state index contributed by atoms with van der Waals surface area (Å²) in [5.74, 6) is 2.34. The summed E-state index contributed by atoms with van der Waals surface area (Å²) in [5.41, 5.74) is 0. The smallest absolute Gasteiger partial charge is 0.324 e. The fourth-order valence-corrected chi connectivity index (χ4v) is 2.12. The van der Waals surface area contributed by atoms with Crippen molar-refractivity contribution in [3.8, 4) is 12.3 Å². The fraction of sp³-hybridized carbons (Fsp3) is 0.455. The van der Waals surface area contributed by atoms with Gasteiger partial charge in [-0.05, 0) is 19.3 Å². The van der Waals surface area contributed by atoms with Gasteiger partial charge in [0.15, 0.2) is 0 Å². The normalized spacial score (nSPS) is 16.0. The fourth-order valence-electron chi connectivity index (χ4n) is 0.942. The summed E-state index contributed by atoms with van der Waals surface area (Å²) in [5, 5.41) is 0. The molecule has 1 N–H and O–H groups in total. The molecule has 2 unspecified atom stereocenters. The number of allylic oxidation sites excluding steroid dienone is 2. The zero-order chi connectivity index (χ0) is 11.7. The van der Waals surface area contributed by atoms with Gasteiger partial charge in [-0.1, -0.05) is 18.1 Å². The molecule has 0 saturated carbocycles. The molecule has 0 spiro atoms. The molecular weight excluding hydrogens is 211 g/mol. The van der Waals surface area contributed by atoms with Gasteiger partial charge in [0.05, 0.1) is 6.16 Å². The molecule has 0 fully saturated rings. The number of terminal acetylenes is 1. The van der Waals surface area contributed by atoms with Crippen molar-refractivity contribution in [3.05, 3.63) is 25.3 Å². The minimum absolute atomic E-state index is 0.0583. The molecule has 4 heteroatoms. The average molecular weight is 228 g/mol. The maximum absolute atomic E-state index is 11.5. The van der Waals surface area contributed by atoms with Crippen LogP contribution in [-0.2, 0) is 9.09 Å². The third-order valence-corrected chi connectivity index (χ3v) is 3.13. The van der Waals surface area contributed by atoms with Gasteiger partial charge >= 0.3 is 7.60 Å². The maximum Gasteiger partial charge on any atom is 0.329 e. The van der Waals surface area contributed by atoms with Gasteiger partial charge in [0.25, 0.3) is 0 Å². The van der Waals surface area contributed by atoms with Crippen LogP contribution in [0.25, 0.3) is 0 Å². The molecule has 0 radical (unpaired) electrons. The van der Waals surface area contributed by atoms with Crippen LogP contribution in [0.15, 0.2) is 25.3 Å². The van der Waals surface area contributed by atoms with Crippen LogP contribution in [-0.4, -0.2) is 17.2 Å². The Bertz CT molecular complexity index is 291. The van der Waals surface area contributed by atoms with E-state index in [1.165, 1.54) is 0 Å². The largest absolute Gasteiger partial charge is 0.329 e. The van der Waals surface area contributed by atoms with Gasteiger partial charge in [-0.2, -0.15) is 0 Å². The molecule has 0 heterocycles. The van der Waals surface area contributed by atoms with Crippen LogP contribution in [0.3, 0.4) is 0 Å². The molecule has 15 heavy (non-hydrogen) atoms. The van der Waals surface area contributed by atoms with Crippen LogP contribution < -0.4 is 0 Å². The summed E-state index contributed by atoms with van der Waals surface area (Å²) in [6, 6.07) is 0. The number of hydrogen-bond donors (Lipinski definition) is 1. The molecule has 84 valence electrons. The van der Waals surface area contributed by atoms with Gasteiger partial charge in [0.1, 0.15) is 6.10 Å². The zero-order valence-corrected chi connectivity index (χ0v) is 9.66. The topological polar surface area (TPSA) is 46.5 Å². The minimum atomic E-state index is -3.57. The highest BCUT2D eigenvalue weighted by atomic mass is 31.2. The standard InChI is InChI=1S/C11H17O3P/c1-4-7-9-11(6-3)14-15(12,13)10-8-5-2/h3-5,11H,1-2,7-10H2,(H,12,13). The molecule has 0 aliphatic carbocycles. The van der Waals surface area contributed by atoms with E-state index in [2.05, 4.69) is 19.1 Å². The van der Waals surface area contributed by atoms with Crippen LogP contribution in [0.1, 0.15) is 19.3 Å². The molecule has 0 aliphatic heterocycles. The Balaban J connectivity index is 4.15. The van der Waals surface area contributed by atoms with Gasteiger partial charge in [-0.25, -0.2) is 0 Å². The molecule has 3 nitrogen and oxygen atoms in total. The lowest BCUT2D eigenvalue weighted by atomic mass is 10.2. The second kappa shape index (κ2) is 7.48. The molecule has 0 aliphatic rings. The van der Waals surface area contributed by atoms with Crippen molar-refractivity contribution in [2.75, 3.05) is 6.16 Å². The van der Waals surface area contributed by atoms with E-state index in [9.17, 15) is 9.46 Å². The van der Waals surface area contributed by atoms with E-state index >= 15 is 0 Å². The molecule has 0 amide bonds. The summed E-state index contributed by atoms with van der Waals surface area (Å²) in [6.07, 6.45) is 9.50. The summed E-state index contributed by atoms with van der Waals surface area (Å²) >= 11 is 0. The van der Waals surface area contributed by atoms with E-state index in [0.717, 1.165) is 0 Å². The van der Waals surface area contributed by atoms with Crippen molar-refractivity contribution in [1.82, 2.24) is 0 Å². The SMILES string of the molecule is C#CC(CCC=C)OP(=O)(O)CCC=C. The Labute approximate surface area is 91.4 Å². The zero-order valence-electron chi connectivity index (χ0n) is 8.76. The van der Waals surface area contributed by atoms with Crippen LogP contribution in [0.2, 0.25) is 0 Å². The van der Waals surface area contributed by atoms with Gasteiger partial charge in [0, 0.05) is 0 Å². The van der Waals surface area contributed by atoms with Crippen LogP contribution >= 0.6 is 7.60 Å². The van der Waals surface area contributed by atoms with Gasteiger partial charge in [-0.3, -0.25) is 9.09 Å². The molecular formula is C11H17O3P. The molecule has 0 bridgehead atoms. The van der Waals surface area contributed by atoms with Crippen molar-refractivity contribution in [2.45, 2.75) is 25.4 Å². The van der Waals surface area contributed by atoms with Crippen molar-refractivity contribution >= 4 is 7.60 Å². The highest BCUT2D eigenvalue weighted by Gasteiger charge is 2.22. The summed E-state index contributed by atoms with van der Waals surface area (Å²) in [6.45, 7) is 7.02. The second-order valence-corrected chi connectivity index (χ2v) is 5.00. The molecule has 0 aromatic rings. The summed E-state index contributed by atoms with van der Waals surface area (Å²) in [7, 11) is -3.57. The van der Waals surface area contributed by atoms with Crippen LogP contribution in [0.5, 0.6) is 0 Å². The molecule has 0 saturated heterocycles. The Morgan fingerprint density at radius 1 is 1.47 bits per heavy atom. The predicted molar refractivity (Wildman–Crippen MR) is 62.6 cm³/mol. The van der Waals surface area contributed by atoms with E-state index in [4.69, 9.17) is 10.9 Å². The third-order valence-electron chi connectivity index (χ3n) is 1.73. The quantitative estimate of drug-likeness (QED) is 0.394. The maximum atomic E-state index is 11.5. The average Bonchev–Trinajstić information content (AvgIpc) is 2.21. The minimum Gasteiger partial charge on any atom is -0.324 e. The third kappa shape index (κ3) is 7.16. The first kappa shape index (κ1) is 14.2. The first-order chi connectivity index (χ1) is 7.05. The lowest BCUT2D eigenvalue weighted by Gasteiger charge is -2.16. The van der Waals surface area contributed by atoms with E-state index in [1.807, 2.05) is 0 Å². The molecule has 0 aromatic carbocycles. The molecule has 0 aromatic heterocycles. The summed E-state index contributed by atoms with van der Waals surface area (Å²) in [4.78, 5) is 9.41. The van der Waals surface area contributed by atoms with Crippen LogP contribution in [0.4, 0.5) is 0 Å². The van der Waals surface area contributed by atoms with E-state index in [1.54, 1.807) is 12.2 Å². The lowest BCUT2D eigenvalue weighted by Crippen LogP contribution is -2.09. The van der Waals surface area contributed by atoms with Crippen molar-refractivity contribution in [1.29, 1.82) is 0 Å². The Hall–Kier alpha value is -0.810. The highest BCUT2D eigenvalue weighted by molar-refractivity contribution is 7.52.